The first-order valence-corrected chi connectivity index (χ1v) is 7.71. The first-order chi connectivity index (χ1) is 10.4. The number of hydrogen-bond acceptors (Lipinski definition) is 3. The van der Waals surface area contributed by atoms with Crippen molar-refractivity contribution in [3.8, 4) is 11.5 Å². The fraction of sp³-hybridized carbons (Fsp3) is 0.647. The number of ether oxygens (including phenoxy) is 2. The van der Waals surface area contributed by atoms with Gasteiger partial charge in [0.2, 0.25) is 0 Å². The van der Waals surface area contributed by atoms with Crippen LogP contribution in [0.5, 0.6) is 11.5 Å². The molecule has 0 atom stereocenters. The number of hydrogen-bond donors (Lipinski definition) is 0. The van der Waals surface area contributed by atoms with Crippen LogP contribution in [0.4, 0.5) is 8.78 Å². The molecule has 3 nitrogen and oxygen atoms in total. The predicted molar refractivity (Wildman–Crippen MR) is 83.1 cm³/mol. The molecule has 0 unspecified atom stereocenters. The Hall–Kier alpha value is -1.36. The van der Waals surface area contributed by atoms with E-state index >= 15 is 0 Å². The Morgan fingerprint density at radius 2 is 1.59 bits per heavy atom. The van der Waals surface area contributed by atoms with Crippen LogP contribution < -0.4 is 9.47 Å². The number of benzene rings is 1. The maximum absolute atomic E-state index is 13.2. The lowest BCUT2D eigenvalue weighted by atomic mass is 9.98. The molecule has 1 fully saturated rings. The van der Waals surface area contributed by atoms with Crippen molar-refractivity contribution in [1.29, 1.82) is 0 Å². The molecule has 0 aliphatic carbocycles. The van der Waals surface area contributed by atoms with E-state index in [0.29, 0.717) is 19.6 Å². The molecule has 1 heterocycles. The summed E-state index contributed by atoms with van der Waals surface area (Å²) in [6.07, 6.45) is -0.128. The Balaban J connectivity index is 2.18. The highest BCUT2D eigenvalue weighted by molar-refractivity contribution is 5.49. The monoisotopic (exact) mass is 313 g/mol. The van der Waals surface area contributed by atoms with E-state index in [1.54, 1.807) is 14.2 Å². The molecule has 1 aliphatic rings. The van der Waals surface area contributed by atoms with Gasteiger partial charge in [-0.15, -0.1) is 0 Å². The van der Waals surface area contributed by atoms with Crippen molar-refractivity contribution in [2.24, 2.45) is 0 Å². The molecule has 0 radical (unpaired) electrons. The molecule has 1 saturated heterocycles. The number of methoxy groups -OCH3 is 2. The smallest absolute Gasteiger partial charge is 0.250 e. The second kappa shape index (κ2) is 6.82. The molecule has 0 bridgehead atoms. The molecular weight excluding hydrogens is 288 g/mol. The average molecular weight is 313 g/mol. The van der Waals surface area contributed by atoms with E-state index in [1.165, 1.54) is 0 Å². The molecule has 0 aromatic heterocycles. The standard InChI is InChI=1S/C17H25F2NO2/c1-12(2)16-14(21-3)9-13(10-15(16)22-4)11-20-7-5-17(18,19)6-8-20/h9-10,12H,5-8,11H2,1-4H3. The molecule has 0 spiro atoms. The third-order valence-electron chi connectivity index (χ3n) is 4.17. The Bertz CT molecular complexity index is 482. The highest BCUT2D eigenvalue weighted by Crippen LogP contribution is 2.37. The normalized spacial score (nSPS) is 18.5. The number of likely N-dealkylation sites (tertiary alicyclic amines) is 1. The number of alkyl halides is 2. The molecular formula is C17H25F2NO2. The number of rotatable bonds is 5. The van der Waals surface area contributed by atoms with Crippen LogP contribution in [0.3, 0.4) is 0 Å². The highest BCUT2D eigenvalue weighted by Gasteiger charge is 2.33. The summed E-state index contributed by atoms with van der Waals surface area (Å²) in [7, 11) is 3.29. The van der Waals surface area contributed by atoms with E-state index in [9.17, 15) is 8.78 Å². The van der Waals surface area contributed by atoms with Crippen LogP contribution in [-0.4, -0.2) is 38.1 Å². The van der Waals surface area contributed by atoms with Crippen molar-refractivity contribution >= 4 is 0 Å². The van der Waals surface area contributed by atoms with Crippen molar-refractivity contribution < 1.29 is 18.3 Å². The van der Waals surface area contributed by atoms with Crippen LogP contribution in [0.15, 0.2) is 12.1 Å². The minimum Gasteiger partial charge on any atom is -0.496 e. The molecule has 1 aromatic carbocycles. The van der Waals surface area contributed by atoms with Crippen LogP contribution in [0, 0.1) is 0 Å². The van der Waals surface area contributed by atoms with Crippen molar-refractivity contribution in [2.45, 2.75) is 45.1 Å². The van der Waals surface area contributed by atoms with Gasteiger partial charge in [-0.25, -0.2) is 8.78 Å². The van der Waals surface area contributed by atoms with Gasteiger partial charge in [-0.1, -0.05) is 13.8 Å². The Kier molecular flexibility index (Phi) is 5.27. The fourth-order valence-electron chi connectivity index (χ4n) is 2.95. The third kappa shape index (κ3) is 3.88. The lowest BCUT2D eigenvalue weighted by molar-refractivity contribution is -0.0566. The first-order valence-electron chi connectivity index (χ1n) is 7.71. The summed E-state index contributed by atoms with van der Waals surface area (Å²) in [6, 6.07) is 3.98. The first kappa shape index (κ1) is 17.0. The van der Waals surface area contributed by atoms with Crippen molar-refractivity contribution in [2.75, 3.05) is 27.3 Å². The summed E-state index contributed by atoms with van der Waals surface area (Å²) in [6.45, 7) is 5.66. The van der Waals surface area contributed by atoms with Crippen LogP contribution in [-0.2, 0) is 6.54 Å². The van der Waals surface area contributed by atoms with Gasteiger partial charge in [0.1, 0.15) is 11.5 Å². The second-order valence-electron chi connectivity index (χ2n) is 6.20. The van der Waals surface area contributed by atoms with Gasteiger partial charge in [0.15, 0.2) is 0 Å². The lowest BCUT2D eigenvalue weighted by Gasteiger charge is -2.32. The molecule has 124 valence electrons. The van der Waals surface area contributed by atoms with Gasteiger partial charge < -0.3 is 9.47 Å². The van der Waals surface area contributed by atoms with Gasteiger partial charge in [-0.05, 0) is 23.6 Å². The highest BCUT2D eigenvalue weighted by atomic mass is 19.3. The quantitative estimate of drug-likeness (QED) is 0.818. The fourth-order valence-corrected chi connectivity index (χ4v) is 2.95. The summed E-state index contributed by atoms with van der Waals surface area (Å²) in [5, 5.41) is 0. The van der Waals surface area contributed by atoms with Gasteiger partial charge >= 0.3 is 0 Å². The van der Waals surface area contributed by atoms with Gasteiger partial charge in [0.05, 0.1) is 14.2 Å². The van der Waals surface area contributed by atoms with Crippen molar-refractivity contribution in [3.63, 3.8) is 0 Å². The lowest BCUT2D eigenvalue weighted by Crippen LogP contribution is -2.38. The molecule has 0 N–H and O–H groups in total. The zero-order chi connectivity index (χ0) is 16.3. The minimum atomic E-state index is -2.51. The molecule has 1 aromatic rings. The Labute approximate surface area is 131 Å². The van der Waals surface area contributed by atoms with Gasteiger partial charge in [0, 0.05) is 38.0 Å². The molecule has 1 aliphatic heterocycles. The SMILES string of the molecule is COc1cc(CN2CCC(F)(F)CC2)cc(OC)c1C(C)C. The zero-order valence-electron chi connectivity index (χ0n) is 13.8. The average Bonchev–Trinajstić information content (AvgIpc) is 2.48. The van der Waals surface area contributed by atoms with Crippen molar-refractivity contribution in [1.82, 2.24) is 4.90 Å². The molecule has 5 heteroatoms. The maximum atomic E-state index is 13.2. The molecule has 0 saturated carbocycles. The summed E-state index contributed by atoms with van der Waals surface area (Å²) in [5.41, 5.74) is 2.07. The van der Waals surface area contributed by atoms with Gasteiger partial charge in [0.25, 0.3) is 5.92 Å². The predicted octanol–water partition coefficient (Wildman–Crippen LogP) is 4.06. The van der Waals surface area contributed by atoms with Gasteiger partial charge in [-0.3, -0.25) is 4.90 Å². The van der Waals surface area contributed by atoms with Crippen LogP contribution in [0.2, 0.25) is 0 Å². The van der Waals surface area contributed by atoms with E-state index in [4.69, 9.17) is 9.47 Å². The summed E-state index contributed by atoms with van der Waals surface area (Å²) >= 11 is 0. The Morgan fingerprint density at radius 1 is 1.09 bits per heavy atom. The number of halogens is 2. The van der Waals surface area contributed by atoms with Crippen LogP contribution in [0.25, 0.3) is 0 Å². The minimum absolute atomic E-state index is 0.0641. The van der Waals surface area contributed by atoms with E-state index in [1.807, 2.05) is 12.1 Å². The number of nitrogens with zero attached hydrogens (tertiary/aromatic N) is 1. The Morgan fingerprint density at radius 3 is 2.00 bits per heavy atom. The topological polar surface area (TPSA) is 21.7 Å². The van der Waals surface area contributed by atoms with Crippen LogP contribution >= 0.6 is 0 Å². The zero-order valence-corrected chi connectivity index (χ0v) is 13.8. The van der Waals surface area contributed by atoms with E-state index < -0.39 is 5.92 Å². The summed E-state index contributed by atoms with van der Waals surface area (Å²) < 4.78 is 37.4. The largest absolute Gasteiger partial charge is 0.496 e. The molecule has 0 amide bonds. The number of piperidine rings is 1. The second-order valence-corrected chi connectivity index (χ2v) is 6.20. The maximum Gasteiger partial charge on any atom is 0.250 e. The third-order valence-corrected chi connectivity index (χ3v) is 4.17. The van der Waals surface area contributed by atoms with Crippen LogP contribution in [0.1, 0.15) is 43.7 Å². The van der Waals surface area contributed by atoms with E-state index in [0.717, 1.165) is 22.6 Å². The van der Waals surface area contributed by atoms with E-state index in [-0.39, 0.29) is 18.8 Å². The summed E-state index contributed by atoms with van der Waals surface area (Å²) in [4.78, 5) is 2.06. The van der Waals surface area contributed by atoms with Gasteiger partial charge in [-0.2, -0.15) is 0 Å². The molecule has 22 heavy (non-hydrogen) atoms. The summed E-state index contributed by atoms with van der Waals surface area (Å²) in [5.74, 6) is -0.626. The van der Waals surface area contributed by atoms with Crippen molar-refractivity contribution in [3.05, 3.63) is 23.3 Å². The molecule has 2 rings (SSSR count). The van der Waals surface area contributed by atoms with E-state index in [2.05, 4.69) is 18.7 Å².